The summed E-state index contributed by atoms with van der Waals surface area (Å²) in [5.41, 5.74) is 7.32. The largest absolute Gasteiger partial charge is 0.456 e. The lowest BCUT2D eigenvalue weighted by Gasteiger charge is -2.11. The first-order chi connectivity index (χ1) is 9.11. The van der Waals surface area contributed by atoms with Gasteiger partial charge in [0.1, 0.15) is 11.5 Å². The molecule has 0 bridgehead atoms. The average molecular weight is 258 g/mol. The second-order valence-electron chi connectivity index (χ2n) is 4.12. The summed E-state index contributed by atoms with van der Waals surface area (Å²) in [5.74, 6) is 1.09. The third-order valence-electron chi connectivity index (χ3n) is 2.79. The van der Waals surface area contributed by atoms with Crippen molar-refractivity contribution in [1.82, 2.24) is 0 Å². The van der Waals surface area contributed by atoms with Crippen molar-refractivity contribution in [2.75, 3.05) is 0 Å². The van der Waals surface area contributed by atoms with E-state index in [1.165, 1.54) is 12.1 Å². The van der Waals surface area contributed by atoms with Crippen LogP contribution in [-0.4, -0.2) is 4.92 Å². The maximum atomic E-state index is 10.8. The van der Waals surface area contributed by atoms with Crippen LogP contribution >= 0.6 is 0 Å². The quantitative estimate of drug-likeness (QED) is 0.675. The monoisotopic (exact) mass is 258 g/mol. The van der Waals surface area contributed by atoms with E-state index in [0.29, 0.717) is 18.0 Å². The molecule has 0 saturated heterocycles. The van der Waals surface area contributed by atoms with E-state index in [0.717, 1.165) is 11.1 Å². The van der Waals surface area contributed by atoms with Crippen LogP contribution in [0.5, 0.6) is 11.5 Å². The highest BCUT2D eigenvalue weighted by Crippen LogP contribution is 2.30. The first-order valence-electron chi connectivity index (χ1n) is 5.82. The fourth-order valence-electron chi connectivity index (χ4n) is 1.70. The summed E-state index contributed by atoms with van der Waals surface area (Å²) in [6.07, 6.45) is 0. The average Bonchev–Trinajstić information content (AvgIpc) is 2.41. The third kappa shape index (κ3) is 2.89. The maximum absolute atomic E-state index is 10.8. The van der Waals surface area contributed by atoms with Crippen molar-refractivity contribution in [2.45, 2.75) is 13.5 Å². The molecule has 0 unspecified atom stereocenters. The lowest BCUT2D eigenvalue weighted by molar-refractivity contribution is -0.384. The van der Waals surface area contributed by atoms with Crippen LogP contribution < -0.4 is 10.5 Å². The standard InChI is InChI=1S/C14H14N2O3/c1-10-6-7-12(16(17)18)8-14(10)19-13-5-3-2-4-11(13)9-15/h2-8H,9,15H2,1H3. The summed E-state index contributed by atoms with van der Waals surface area (Å²) in [5, 5.41) is 10.8. The Balaban J connectivity index is 2.37. The zero-order valence-electron chi connectivity index (χ0n) is 10.5. The van der Waals surface area contributed by atoms with E-state index >= 15 is 0 Å². The molecule has 0 aliphatic carbocycles. The maximum Gasteiger partial charge on any atom is 0.273 e. The van der Waals surface area contributed by atoms with Crippen molar-refractivity contribution in [3.8, 4) is 11.5 Å². The predicted octanol–water partition coefficient (Wildman–Crippen LogP) is 3.15. The van der Waals surface area contributed by atoms with Crippen molar-refractivity contribution >= 4 is 5.69 Å². The molecule has 0 aliphatic heterocycles. The molecular formula is C14H14N2O3. The number of hydrogen-bond acceptors (Lipinski definition) is 4. The molecule has 2 rings (SSSR count). The Morgan fingerprint density at radius 1 is 1.21 bits per heavy atom. The Hall–Kier alpha value is -2.40. The number of nitro benzene ring substituents is 1. The van der Waals surface area contributed by atoms with Gasteiger partial charge in [-0.05, 0) is 24.6 Å². The third-order valence-corrected chi connectivity index (χ3v) is 2.79. The number of hydrogen-bond donors (Lipinski definition) is 1. The molecule has 5 nitrogen and oxygen atoms in total. The van der Waals surface area contributed by atoms with Crippen LogP contribution in [0.25, 0.3) is 0 Å². The van der Waals surface area contributed by atoms with E-state index in [9.17, 15) is 10.1 Å². The van der Waals surface area contributed by atoms with Crippen LogP contribution in [0.2, 0.25) is 0 Å². The van der Waals surface area contributed by atoms with E-state index in [1.54, 1.807) is 12.1 Å². The van der Waals surface area contributed by atoms with Crippen molar-refractivity contribution in [1.29, 1.82) is 0 Å². The Labute approximate surface area is 110 Å². The van der Waals surface area contributed by atoms with Crippen molar-refractivity contribution in [2.24, 2.45) is 5.73 Å². The number of aryl methyl sites for hydroxylation is 1. The van der Waals surface area contributed by atoms with E-state index in [-0.39, 0.29) is 5.69 Å². The second-order valence-corrected chi connectivity index (χ2v) is 4.12. The van der Waals surface area contributed by atoms with Gasteiger partial charge in [-0.3, -0.25) is 10.1 Å². The highest BCUT2D eigenvalue weighted by Gasteiger charge is 2.11. The molecule has 0 spiro atoms. The molecule has 98 valence electrons. The molecule has 2 N–H and O–H groups in total. The lowest BCUT2D eigenvalue weighted by atomic mass is 10.2. The number of rotatable bonds is 4. The molecule has 0 radical (unpaired) electrons. The van der Waals surface area contributed by atoms with Gasteiger partial charge in [0.15, 0.2) is 0 Å². The Bertz CT molecular complexity index is 611. The van der Waals surface area contributed by atoms with Gasteiger partial charge in [0.25, 0.3) is 5.69 Å². The SMILES string of the molecule is Cc1ccc([N+](=O)[O-])cc1Oc1ccccc1CN. The molecule has 0 heterocycles. The zero-order chi connectivity index (χ0) is 13.8. The van der Waals surface area contributed by atoms with Crippen LogP contribution in [0.15, 0.2) is 42.5 Å². The minimum atomic E-state index is -0.443. The van der Waals surface area contributed by atoms with E-state index < -0.39 is 4.92 Å². The molecule has 0 atom stereocenters. The van der Waals surface area contributed by atoms with Gasteiger partial charge in [0, 0.05) is 18.2 Å². The van der Waals surface area contributed by atoms with Crippen molar-refractivity contribution in [3.63, 3.8) is 0 Å². The zero-order valence-corrected chi connectivity index (χ0v) is 10.5. The minimum absolute atomic E-state index is 0.00540. The molecule has 5 heteroatoms. The van der Waals surface area contributed by atoms with Gasteiger partial charge in [-0.25, -0.2) is 0 Å². The summed E-state index contributed by atoms with van der Waals surface area (Å²) in [6, 6.07) is 11.9. The van der Waals surface area contributed by atoms with E-state index in [1.807, 2.05) is 25.1 Å². The van der Waals surface area contributed by atoms with Crippen LogP contribution in [0, 0.1) is 17.0 Å². The summed E-state index contributed by atoms with van der Waals surface area (Å²) in [6.45, 7) is 2.19. The number of benzene rings is 2. The van der Waals surface area contributed by atoms with Gasteiger partial charge in [-0.2, -0.15) is 0 Å². The number of nitrogens with two attached hydrogens (primary N) is 1. The smallest absolute Gasteiger partial charge is 0.273 e. The molecule has 0 aromatic heterocycles. The second kappa shape index (κ2) is 5.49. The number of para-hydroxylation sites is 1. The molecule has 2 aromatic rings. The summed E-state index contributed by atoms with van der Waals surface area (Å²) >= 11 is 0. The number of nitrogens with zero attached hydrogens (tertiary/aromatic N) is 1. The topological polar surface area (TPSA) is 78.4 Å². The summed E-state index contributed by atoms with van der Waals surface area (Å²) < 4.78 is 5.74. The predicted molar refractivity (Wildman–Crippen MR) is 72.2 cm³/mol. The Morgan fingerprint density at radius 2 is 1.95 bits per heavy atom. The van der Waals surface area contributed by atoms with Gasteiger partial charge in [0.2, 0.25) is 0 Å². The number of nitro groups is 1. The number of non-ortho nitro benzene ring substituents is 1. The van der Waals surface area contributed by atoms with E-state index in [2.05, 4.69) is 0 Å². The molecule has 0 amide bonds. The van der Waals surface area contributed by atoms with Gasteiger partial charge < -0.3 is 10.5 Å². The first kappa shape index (κ1) is 13.0. The highest BCUT2D eigenvalue weighted by molar-refractivity contribution is 5.47. The summed E-state index contributed by atoms with van der Waals surface area (Å²) in [7, 11) is 0. The summed E-state index contributed by atoms with van der Waals surface area (Å²) in [4.78, 5) is 10.3. The fraction of sp³-hybridized carbons (Fsp3) is 0.143. The van der Waals surface area contributed by atoms with Crippen LogP contribution in [-0.2, 0) is 6.54 Å². The number of ether oxygens (including phenoxy) is 1. The molecular weight excluding hydrogens is 244 g/mol. The first-order valence-corrected chi connectivity index (χ1v) is 5.82. The van der Waals surface area contributed by atoms with E-state index in [4.69, 9.17) is 10.5 Å². The van der Waals surface area contributed by atoms with Crippen LogP contribution in [0.3, 0.4) is 0 Å². The Morgan fingerprint density at radius 3 is 2.63 bits per heavy atom. The van der Waals surface area contributed by atoms with Gasteiger partial charge in [-0.1, -0.05) is 18.2 Å². The van der Waals surface area contributed by atoms with Gasteiger partial charge in [-0.15, -0.1) is 0 Å². The molecule has 0 aliphatic rings. The highest BCUT2D eigenvalue weighted by atomic mass is 16.6. The minimum Gasteiger partial charge on any atom is -0.456 e. The Kier molecular flexibility index (Phi) is 3.77. The normalized spacial score (nSPS) is 10.2. The molecule has 19 heavy (non-hydrogen) atoms. The van der Waals surface area contributed by atoms with Crippen molar-refractivity contribution in [3.05, 3.63) is 63.7 Å². The van der Waals surface area contributed by atoms with Crippen LogP contribution in [0.1, 0.15) is 11.1 Å². The van der Waals surface area contributed by atoms with Gasteiger partial charge in [0.05, 0.1) is 11.0 Å². The fourth-order valence-corrected chi connectivity index (χ4v) is 1.70. The van der Waals surface area contributed by atoms with Crippen LogP contribution in [0.4, 0.5) is 5.69 Å². The lowest BCUT2D eigenvalue weighted by Crippen LogP contribution is -2.00. The molecule has 0 saturated carbocycles. The molecule has 2 aromatic carbocycles. The van der Waals surface area contributed by atoms with Crippen molar-refractivity contribution < 1.29 is 9.66 Å². The van der Waals surface area contributed by atoms with Gasteiger partial charge >= 0.3 is 0 Å². The molecule has 0 fully saturated rings.